The molecule has 0 fully saturated rings. The minimum atomic E-state index is -0.669. The van der Waals surface area contributed by atoms with Crippen LogP contribution in [0.1, 0.15) is 33.4 Å². The maximum absolute atomic E-state index is 14.1. The number of hydrogen-bond acceptors (Lipinski definition) is 4. The van der Waals surface area contributed by atoms with Crippen molar-refractivity contribution in [1.29, 1.82) is 0 Å². The van der Waals surface area contributed by atoms with Crippen molar-refractivity contribution >= 4 is 40.0 Å². The van der Waals surface area contributed by atoms with Gasteiger partial charge in [0.2, 0.25) is 5.91 Å². The molecular formula is C29H28ClN3O4. The number of amides is 2. The molecule has 5 rings (SSSR count). The van der Waals surface area contributed by atoms with Gasteiger partial charge in [0, 0.05) is 54.6 Å². The van der Waals surface area contributed by atoms with Gasteiger partial charge in [0.15, 0.2) is 0 Å². The Labute approximate surface area is 220 Å². The molecule has 2 atom stereocenters. The number of nitrogens with one attached hydrogen (secondary N) is 1. The number of fused-ring (bicyclic) bond motifs is 2. The SMILES string of the molecule is COCCN1C(=O)c2ccccc2C(C(=O)Nc2ccc(OC)c(Cl)c2)C1c1cn(C)c2ccccc12. The van der Waals surface area contributed by atoms with Gasteiger partial charge in [-0.05, 0) is 35.9 Å². The Bertz CT molecular complexity index is 1480. The first-order chi connectivity index (χ1) is 17.9. The zero-order valence-electron chi connectivity index (χ0n) is 20.9. The summed E-state index contributed by atoms with van der Waals surface area (Å²) in [5.41, 5.74) is 3.69. The van der Waals surface area contributed by atoms with E-state index < -0.39 is 12.0 Å². The largest absolute Gasteiger partial charge is 0.495 e. The van der Waals surface area contributed by atoms with Crippen molar-refractivity contribution in [2.24, 2.45) is 7.05 Å². The predicted octanol–water partition coefficient (Wildman–Crippen LogP) is 5.41. The highest BCUT2D eigenvalue weighted by Gasteiger charge is 2.45. The van der Waals surface area contributed by atoms with Crippen LogP contribution in [0.4, 0.5) is 5.69 Å². The van der Waals surface area contributed by atoms with Crippen molar-refractivity contribution in [3.05, 3.63) is 94.6 Å². The fraction of sp³-hybridized carbons (Fsp3) is 0.241. The molecule has 3 aromatic carbocycles. The first kappa shape index (κ1) is 24.9. The van der Waals surface area contributed by atoms with Crippen LogP contribution in [0, 0.1) is 0 Å². The van der Waals surface area contributed by atoms with Crippen LogP contribution >= 0.6 is 11.6 Å². The van der Waals surface area contributed by atoms with Crippen LogP contribution in [-0.2, 0) is 16.6 Å². The third-order valence-corrected chi connectivity index (χ3v) is 7.22. The Kier molecular flexibility index (Phi) is 6.91. The monoisotopic (exact) mass is 517 g/mol. The van der Waals surface area contributed by atoms with Crippen LogP contribution in [0.15, 0.2) is 72.9 Å². The first-order valence-electron chi connectivity index (χ1n) is 12.0. The van der Waals surface area contributed by atoms with Crippen LogP contribution in [0.5, 0.6) is 5.75 Å². The molecule has 190 valence electrons. The average molecular weight is 518 g/mol. The molecule has 4 aromatic rings. The molecule has 0 spiro atoms. The molecule has 0 aliphatic carbocycles. The van der Waals surface area contributed by atoms with Crippen LogP contribution in [0.25, 0.3) is 10.9 Å². The quantitative estimate of drug-likeness (QED) is 0.356. The molecule has 2 heterocycles. The van der Waals surface area contributed by atoms with E-state index in [2.05, 4.69) is 5.32 Å². The van der Waals surface area contributed by atoms with Gasteiger partial charge < -0.3 is 24.3 Å². The normalized spacial score (nSPS) is 17.1. The summed E-state index contributed by atoms with van der Waals surface area (Å²) in [5, 5.41) is 4.43. The number of carbonyl (C=O) groups is 2. The Morgan fingerprint density at radius 1 is 1.03 bits per heavy atom. The lowest BCUT2D eigenvalue weighted by atomic mass is 9.79. The highest BCUT2D eigenvalue weighted by atomic mass is 35.5. The first-order valence-corrected chi connectivity index (χ1v) is 12.4. The van der Waals surface area contributed by atoms with Gasteiger partial charge in [0.05, 0.1) is 30.7 Å². The Balaban J connectivity index is 1.67. The summed E-state index contributed by atoms with van der Waals surface area (Å²) in [4.78, 5) is 29.6. The predicted molar refractivity (Wildman–Crippen MR) is 144 cm³/mol. The molecule has 1 aromatic heterocycles. The number of ether oxygens (including phenoxy) is 2. The van der Waals surface area contributed by atoms with E-state index in [0.29, 0.717) is 40.7 Å². The molecule has 0 bridgehead atoms. The Hall–Kier alpha value is -3.81. The smallest absolute Gasteiger partial charge is 0.254 e. The van der Waals surface area contributed by atoms with Gasteiger partial charge in [-0.1, -0.05) is 48.0 Å². The lowest BCUT2D eigenvalue weighted by Crippen LogP contribution is -2.47. The second kappa shape index (κ2) is 10.3. The zero-order valence-corrected chi connectivity index (χ0v) is 21.7. The lowest BCUT2D eigenvalue weighted by Gasteiger charge is -2.41. The Morgan fingerprint density at radius 2 is 1.78 bits per heavy atom. The van der Waals surface area contributed by atoms with Crippen molar-refractivity contribution in [1.82, 2.24) is 9.47 Å². The molecule has 37 heavy (non-hydrogen) atoms. The highest BCUT2D eigenvalue weighted by molar-refractivity contribution is 6.32. The van der Waals surface area contributed by atoms with Crippen LogP contribution in [0.2, 0.25) is 5.02 Å². The number of halogens is 1. The molecule has 2 amide bonds. The number of aromatic nitrogens is 1. The summed E-state index contributed by atoms with van der Waals surface area (Å²) in [5.74, 6) is -0.506. The standard InChI is InChI=1S/C29H28ClN3O4/c1-32-17-22(19-8-6-7-11-24(19)32)27-26(28(34)31-18-12-13-25(37-3)23(30)16-18)20-9-4-5-10-21(20)29(35)33(27)14-15-36-2/h4-13,16-17,26-27H,14-15H2,1-3H3,(H,31,34). The number of hydrogen-bond donors (Lipinski definition) is 1. The summed E-state index contributed by atoms with van der Waals surface area (Å²) >= 11 is 6.33. The summed E-state index contributed by atoms with van der Waals surface area (Å²) in [6, 6.07) is 19.9. The number of anilines is 1. The molecule has 0 saturated carbocycles. The molecule has 1 aliphatic heterocycles. The van der Waals surface area contributed by atoms with Gasteiger partial charge >= 0.3 is 0 Å². The van der Waals surface area contributed by atoms with E-state index in [-0.39, 0.29) is 11.8 Å². The fourth-order valence-corrected chi connectivity index (χ4v) is 5.49. The number of carbonyl (C=O) groups excluding carboxylic acids is 2. The number of methoxy groups -OCH3 is 2. The number of benzene rings is 3. The van der Waals surface area contributed by atoms with E-state index in [1.807, 2.05) is 60.3 Å². The minimum absolute atomic E-state index is 0.123. The van der Waals surface area contributed by atoms with Gasteiger partial charge in [-0.25, -0.2) is 0 Å². The molecule has 0 saturated heterocycles. The number of nitrogens with zero attached hydrogens (tertiary/aromatic N) is 2. The third kappa shape index (κ3) is 4.45. The third-order valence-electron chi connectivity index (χ3n) is 6.92. The fourth-order valence-electron chi connectivity index (χ4n) is 5.23. The second-order valence-electron chi connectivity index (χ2n) is 9.05. The second-order valence-corrected chi connectivity index (χ2v) is 9.46. The van der Waals surface area contributed by atoms with E-state index in [4.69, 9.17) is 21.1 Å². The van der Waals surface area contributed by atoms with E-state index in [1.54, 1.807) is 43.4 Å². The van der Waals surface area contributed by atoms with Crippen LogP contribution < -0.4 is 10.1 Å². The maximum Gasteiger partial charge on any atom is 0.254 e. The van der Waals surface area contributed by atoms with Gasteiger partial charge in [-0.2, -0.15) is 0 Å². The molecule has 2 unspecified atom stereocenters. The molecule has 7 nitrogen and oxygen atoms in total. The molecule has 8 heteroatoms. The van der Waals surface area contributed by atoms with Crippen LogP contribution in [-0.4, -0.2) is 48.7 Å². The van der Waals surface area contributed by atoms with Crippen molar-refractivity contribution in [2.75, 3.05) is 32.7 Å². The summed E-state index contributed by atoms with van der Waals surface area (Å²) < 4.78 is 12.6. The summed E-state index contributed by atoms with van der Waals surface area (Å²) in [6.07, 6.45) is 2.01. The minimum Gasteiger partial charge on any atom is -0.495 e. The zero-order chi connectivity index (χ0) is 26.1. The highest BCUT2D eigenvalue weighted by Crippen LogP contribution is 2.45. The number of rotatable bonds is 7. The van der Waals surface area contributed by atoms with Crippen molar-refractivity contribution < 1.29 is 19.1 Å². The van der Waals surface area contributed by atoms with Gasteiger partial charge in [-0.3, -0.25) is 9.59 Å². The molecular weight excluding hydrogens is 490 g/mol. The van der Waals surface area contributed by atoms with Gasteiger partial charge in [0.1, 0.15) is 5.75 Å². The van der Waals surface area contributed by atoms with E-state index in [1.165, 1.54) is 0 Å². The lowest BCUT2D eigenvalue weighted by molar-refractivity contribution is -0.119. The number of aryl methyl sites for hydroxylation is 1. The maximum atomic E-state index is 14.1. The summed E-state index contributed by atoms with van der Waals surface area (Å²) in [6.45, 7) is 0.688. The van der Waals surface area contributed by atoms with Crippen molar-refractivity contribution in [3.63, 3.8) is 0 Å². The van der Waals surface area contributed by atoms with E-state index in [0.717, 1.165) is 16.5 Å². The number of para-hydroxylation sites is 1. The van der Waals surface area contributed by atoms with Crippen molar-refractivity contribution in [2.45, 2.75) is 12.0 Å². The Morgan fingerprint density at radius 3 is 2.54 bits per heavy atom. The topological polar surface area (TPSA) is 72.8 Å². The van der Waals surface area contributed by atoms with Crippen molar-refractivity contribution in [3.8, 4) is 5.75 Å². The van der Waals surface area contributed by atoms with Gasteiger partial charge in [-0.15, -0.1) is 0 Å². The van der Waals surface area contributed by atoms with Crippen LogP contribution in [0.3, 0.4) is 0 Å². The summed E-state index contributed by atoms with van der Waals surface area (Å²) in [7, 11) is 5.12. The average Bonchev–Trinajstić information content (AvgIpc) is 3.24. The molecule has 0 radical (unpaired) electrons. The van der Waals surface area contributed by atoms with E-state index in [9.17, 15) is 9.59 Å². The van der Waals surface area contributed by atoms with E-state index >= 15 is 0 Å². The molecule has 1 N–H and O–H groups in total. The van der Waals surface area contributed by atoms with Gasteiger partial charge in [0.25, 0.3) is 5.91 Å². The molecule has 1 aliphatic rings.